The van der Waals surface area contributed by atoms with Crippen molar-refractivity contribution in [1.82, 2.24) is 5.32 Å². The first-order valence-electron chi connectivity index (χ1n) is 7.84. The van der Waals surface area contributed by atoms with Gasteiger partial charge in [0.2, 0.25) is 0 Å². The van der Waals surface area contributed by atoms with E-state index in [0.29, 0.717) is 0 Å². The Kier molecular flexibility index (Phi) is 4.37. The highest BCUT2D eigenvalue weighted by Crippen LogP contribution is 2.44. The highest BCUT2D eigenvalue weighted by atomic mass is 16.5. The number of nitrogens with zero attached hydrogens (tertiary/aromatic N) is 2. The Labute approximate surface area is 141 Å². The first kappa shape index (κ1) is 15.9. The smallest absolute Gasteiger partial charge is 0.196 e. The molecule has 0 radical (unpaired) electrons. The molecule has 124 valence electrons. The van der Waals surface area contributed by atoms with Gasteiger partial charge in [0, 0.05) is 17.2 Å². The lowest BCUT2D eigenvalue weighted by atomic mass is 9.95. The summed E-state index contributed by atoms with van der Waals surface area (Å²) >= 11 is 0. The summed E-state index contributed by atoms with van der Waals surface area (Å²) in [4.78, 5) is 8.81. The molecule has 2 aromatic carbocycles. The van der Waals surface area contributed by atoms with Crippen molar-refractivity contribution in [2.75, 3.05) is 0 Å². The summed E-state index contributed by atoms with van der Waals surface area (Å²) < 4.78 is 5.94. The van der Waals surface area contributed by atoms with Gasteiger partial charge in [-0.1, -0.05) is 36.4 Å². The highest BCUT2D eigenvalue weighted by molar-refractivity contribution is 5.97. The molecular weight excluding hydrogens is 302 g/mol. The molecule has 0 atom stereocenters. The van der Waals surface area contributed by atoms with E-state index in [-0.39, 0.29) is 24.0 Å². The Morgan fingerprint density at radius 3 is 2.04 bits per heavy atom. The quantitative estimate of drug-likeness (QED) is 0.584. The van der Waals surface area contributed by atoms with E-state index < -0.39 is 0 Å². The number of nitrogens with two attached hydrogens (primary N) is 2. The number of hydrogen-bond donors (Lipinski definition) is 3. The Bertz CT molecular complexity index is 752. The van der Waals surface area contributed by atoms with Gasteiger partial charge in [-0.05, 0) is 26.0 Å². The van der Waals surface area contributed by atoms with Gasteiger partial charge >= 0.3 is 0 Å². The van der Waals surface area contributed by atoms with E-state index in [9.17, 15) is 0 Å². The second-order valence-electron chi connectivity index (χ2n) is 5.83. The number of para-hydroxylation sites is 2. The van der Waals surface area contributed by atoms with E-state index >= 15 is 0 Å². The molecular formula is C18H21N5O. The van der Waals surface area contributed by atoms with E-state index in [1.807, 2.05) is 62.4 Å². The van der Waals surface area contributed by atoms with Crippen LogP contribution in [-0.2, 0) is 0 Å². The zero-order valence-electron chi connectivity index (χ0n) is 13.7. The van der Waals surface area contributed by atoms with Crippen LogP contribution < -0.4 is 21.5 Å². The summed E-state index contributed by atoms with van der Waals surface area (Å²) in [5.74, 6) is 2.02. The Morgan fingerprint density at radius 2 is 1.50 bits per heavy atom. The summed E-state index contributed by atoms with van der Waals surface area (Å²) in [7, 11) is 0. The average Bonchev–Trinajstić information content (AvgIpc) is 2.53. The van der Waals surface area contributed by atoms with Gasteiger partial charge in [0.1, 0.15) is 17.5 Å². The third kappa shape index (κ3) is 3.32. The molecule has 5 N–H and O–H groups in total. The first-order chi connectivity index (χ1) is 11.5. The summed E-state index contributed by atoms with van der Waals surface area (Å²) in [6, 6.07) is 15.4. The standard InChI is InChI=1S/C18H21N5O/c1-11(2)21-17(19)23-18(20)22-16-12-7-3-5-9-14(12)24-15-10-6-4-8-13(15)16/h3-11,16H,1-2H3,(H5,19,20,21,22,23). The lowest BCUT2D eigenvalue weighted by Gasteiger charge is -2.26. The fraction of sp³-hybridized carbons (Fsp3) is 0.222. The van der Waals surface area contributed by atoms with Crippen LogP contribution in [0.4, 0.5) is 0 Å². The monoisotopic (exact) mass is 323 g/mol. The van der Waals surface area contributed by atoms with Crippen LogP contribution in [0.1, 0.15) is 31.0 Å². The second kappa shape index (κ2) is 6.62. The summed E-state index contributed by atoms with van der Waals surface area (Å²) in [5, 5.41) is 2.83. The predicted octanol–water partition coefficient (Wildman–Crippen LogP) is 2.51. The molecule has 0 aliphatic carbocycles. The predicted molar refractivity (Wildman–Crippen MR) is 96.3 cm³/mol. The summed E-state index contributed by atoms with van der Waals surface area (Å²) in [6.45, 7) is 3.87. The molecule has 6 heteroatoms. The summed E-state index contributed by atoms with van der Waals surface area (Å²) in [5.41, 5.74) is 13.8. The molecule has 1 aliphatic rings. The van der Waals surface area contributed by atoms with Gasteiger partial charge in [0.15, 0.2) is 11.9 Å². The molecule has 0 amide bonds. The maximum absolute atomic E-state index is 6.03. The molecule has 0 saturated carbocycles. The topological polar surface area (TPSA) is 98.0 Å². The van der Waals surface area contributed by atoms with Crippen molar-refractivity contribution in [3.63, 3.8) is 0 Å². The van der Waals surface area contributed by atoms with Gasteiger partial charge in [-0.3, -0.25) is 10.3 Å². The van der Waals surface area contributed by atoms with Gasteiger partial charge in [-0.25, -0.2) is 4.99 Å². The number of ether oxygens (including phenoxy) is 1. The molecule has 0 unspecified atom stereocenters. The minimum Gasteiger partial charge on any atom is -0.457 e. The fourth-order valence-electron chi connectivity index (χ4n) is 2.64. The van der Waals surface area contributed by atoms with Crippen molar-refractivity contribution in [2.24, 2.45) is 21.5 Å². The van der Waals surface area contributed by atoms with Crippen molar-refractivity contribution in [1.29, 1.82) is 0 Å². The molecule has 1 aliphatic heterocycles. The van der Waals surface area contributed by atoms with E-state index in [1.54, 1.807) is 0 Å². The van der Waals surface area contributed by atoms with E-state index in [1.165, 1.54) is 0 Å². The number of hydrogen-bond acceptors (Lipinski definition) is 3. The molecule has 3 rings (SSSR count). The molecule has 0 spiro atoms. The molecule has 0 saturated heterocycles. The third-order valence-electron chi connectivity index (χ3n) is 3.57. The van der Waals surface area contributed by atoms with Crippen LogP contribution in [0.25, 0.3) is 0 Å². The van der Waals surface area contributed by atoms with Crippen molar-refractivity contribution in [3.8, 4) is 11.5 Å². The molecule has 0 fully saturated rings. The molecule has 0 aromatic heterocycles. The van der Waals surface area contributed by atoms with Crippen molar-refractivity contribution in [3.05, 3.63) is 59.7 Å². The molecule has 2 aromatic rings. The van der Waals surface area contributed by atoms with Crippen LogP contribution in [0, 0.1) is 0 Å². The van der Waals surface area contributed by atoms with Crippen LogP contribution in [0.5, 0.6) is 11.5 Å². The zero-order chi connectivity index (χ0) is 17.1. The Hall–Kier alpha value is -3.02. The van der Waals surface area contributed by atoms with E-state index in [0.717, 1.165) is 22.6 Å². The zero-order valence-corrected chi connectivity index (χ0v) is 13.7. The van der Waals surface area contributed by atoms with Crippen molar-refractivity contribution < 1.29 is 4.74 Å². The van der Waals surface area contributed by atoms with Crippen molar-refractivity contribution in [2.45, 2.75) is 25.9 Å². The minimum atomic E-state index is -0.259. The highest BCUT2D eigenvalue weighted by Gasteiger charge is 2.26. The third-order valence-corrected chi connectivity index (χ3v) is 3.57. The number of aliphatic imine (C=N–C) groups is 2. The first-order valence-corrected chi connectivity index (χ1v) is 7.84. The van der Waals surface area contributed by atoms with Gasteiger partial charge in [-0.15, -0.1) is 0 Å². The van der Waals surface area contributed by atoms with Crippen LogP contribution >= 0.6 is 0 Å². The van der Waals surface area contributed by atoms with Crippen LogP contribution in [-0.4, -0.2) is 18.0 Å². The molecule has 0 bridgehead atoms. The Balaban J connectivity index is 1.97. The number of benzene rings is 2. The normalized spacial score (nSPS) is 14.8. The maximum Gasteiger partial charge on any atom is 0.196 e. The van der Waals surface area contributed by atoms with E-state index in [4.69, 9.17) is 16.2 Å². The second-order valence-corrected chi connectivity index (χ2v) is 5.83. The molecule has 1 heterocycles. The van der Waals surface area contributed by atoms with Gasteiger partial charge in [-0.2, -0.15) is 0 Å². The van der Waals surface area contributed by atoms with Crippen LogP contribution in [0.15, 0.2) is 58.5 Å². The number of nitrogens with one attached hydrogen (secondary N) is 1. The molecule has 6 nitrogen and oxygen atoms in total. The number of fused-ring (bicyclic) bond motifs is 2. The average molecular weight is 323 g/mol. The van der Waals surface area contributed by atoms with Gasteiger partial charge in [0.25, 0.3) is 0 Å². The molecule has 24 heavy (non-hydrogen) atoms. The number of guanidine groups is 2. The SMILES string of the molecule is CC(C)N=C(N)NC(N)=NC1c2ccccc2Oc2ccccc21. The van der Waals surface area contributed by atoms with Crippen LogP contribution in [0.2, 0.25) is 0 Å². The van der Waals surface area contributed by atoms with Gasteiger partial charge in [0.05, 0.1) is 0 Å². The Morgan fingerprint density at radius 1 is 0.958 bits per heavy atom. The maximum atomic E-state index is 6.03. The largest absolute Gasteiger partial charge is 0.457 e. The fourth-order valence-corrected chi connectivity index (χ4v) is 2.64. The number of rotatable bonds is 2. The van der Waals surface area contributed by atoms with Gasteiger partial charge < -0.3 is 16.2 Å². The lowest BCUT2D eigenvalue weighted by Crippen LogP contribution is -2.42. The van der Waals surface area contributed by atoms with Crippen molar-refractivity contribution >= 4 is 11.9 Å². The van der Waals surface area contributed by atoms with Crippen LogP contribution in [0.3, 0.4) is 0 Å². The van der Waals surface area contributed by atoms with E-state index in [2.05, 4.69) is 15.3 Å². The summed E-state index contributed by atoms with van der Waals surface area (Å²) in [6.07, 6.45) is 0. The minimum absolute atomic E-state index is 0.0785. The lowest BCUT2D eigenvalue weighted by molar-refractivity contribution is 0.447.